The first-order valence-electron chi connectivity index (χ1n) is 6.54. The number of hydrogen-bond acceptors (Lipinski definition) is 2. The summed E-state index contributed by atoms with van der Waals surface area (Å²) in [6, 6.07) is 8.47. The molecule has 1 heterocycles. The molecule has 0 unspecified atom stereocenters. The summed E-state index contributed by atoms with van der Waals surface area (Å²) in [6.45, 7) is 3.25. The number of rotatable bonds is 3. The van der Waals surface area contributed by atoms with Gasteiger partial charge in [-0.2, -0.15) is 0 Å². The van der Waals surface area contributed by atoms with Crippen LogP contribution in [0.15, 0.2) is 24.3 Å². The van der Waals surface area contributed by atoms with Gasteiger partial charge < -0.3 is 5.32 Å². The standard InChI is InChI=1S/C15H18N2/c1-2-10-16-15-11-6-3-4-8-13(11)17-14-9-5-7-12(14)15/h3-4,6,8H,2,5,7,9-10H2,1H3,(H,16,17). The van der Waals surface area contributed by atoms with Crippen molar-refractivity contribution < 1.29 is 0 Å². The molecule has 3 rings (SSSR count). The minimum Gasteiger partial charge on any atom is -0.384 e. The summed E-state index contributed by atoms with van der Waals surface area (Å²) in [6.07, 6.45) is 4.73. The molecule has 0 fully saturated rings. The first-order chi connectivity index (χ1) is 8.40. The van der Waals surface area contributed by atoms with Crippen molar-refractivity contribution in [3.8, 4) is 0 Å². The monoisotopic (exact) mass is 226 g/mol. The second-order valence-electron chi connectivity index (χ2n) is 4.71. The molecule has 0 bridgehead atoms. The molecule has 88 valence electrons. The van der Waals surface area contributed by atoms with Crippen molar-refractivity contribution in [3.05, 3.63) is 35.5 Å². The highest BCUT2D eigenvalue weighted by atomic mass is 14.9. The molecule has 1 N–H and O–H groups in total. The predicted molar refractivity (Wildman–Crippen MR) is 72.5 cm³/mol. The minimum atomic E-state index is 1.04. The number of nitrogens with zero attached hydrogens (tertiary/aromatic N) is 1. The van der Waals surface area contributed by atoms with E-state index in [9.17, 15) is 0 Å². The molecular weight excluding hydrogens is 208 g/mol. The maximum atomic E-state index is 4.78. The Morgan fingerprint density at radius 3 is 3.00 bits per heavy atom. The van der Waals surface area contributed by atoms with E-state index in [0.29, 0.717) is 0 Å². The first-order valence-corrected chi connectivity index (χ1v) is 6.54. The van der Waals surface area contributed by atoms with Crippen LogP contribution in [0.4, 0.5) is 5.69 Å². The van der Waals surface area contributed by atoms with E-state index >= 15 is 0 Å². The summed E-state index contributed by atoms with van der Waals surface area (Å²) in [5.74, 6) is 0. The van der Waals surface area contributed by atoms with Crippen LogP contribution < -0.4 is 5.32 Å². The number of fused-ring (bicyclic) bond motifs is 2. The van der Waals surface area contributed by atoms with Crippen LogP contribution in [0.3, 0.4) is 0 Å². The van der Waals surface area contributed by atoms with Gasteiger partial charge in [0.25, 0.3) is 0 Å². The lowest BCUT2D eigenvalue weighted by Gasteiger charge is -2.13. The number of nitrogens with one attached hydrogen (secondary N) is 1. The molecule has 2 heteroatoms. The second kappa shape index (κ2) is 4.36. The Balaban J connectivity index is 2.20. The van der Waals surface area contributed by atoms with Crippen LogP contribution in [0.5, 0.6) is 0 Å². The third-order valence-corrected chi connectivity index (χ3v) is 3.47. The van der Waals surface area contributed by atoms with Gasteiger partial charge in [0, 0.05) is 23.3 Å². The predicted octanol–water partition coefficient (Wildman–Crippen LogP) is 3.55. The Kier molecular flexibility index (Phi) is 2.71. The molecule has 0 radical (unpaired) electrons. The second-order valence-corrected chi connectivity index (χ2v) is 4.71. The largest absolute Gasteiger partial charge is 0.384 e. The average molecular weight is 226 g/mol. The van der Waals surface area contributed by atoms with Gasteiger partial charge in [0.2, 0.25) is 0 Å². The van der Waals surface area contributed by atoms with Gasteiger partial charge in [-0.1, -0.05) is 25.1 Å². The summed E-state index contributed by atoms with van der Waals surface area (Å²) in [7, 11) is 0. The van der Waals surface area contributed by atoms with Crippen LogP contribution in [0.25, 0.3) is 10.9 Å². The normalized spacial score (nSPS) is 13.9. The quantitative estimate of drug-likeness (QED) is 0.865. The summed E-state index contributed by atoms with van der Waals surface area (Å²) < 4.78 is 0. The molecule has 0 atom stereocenters. The SMILES string of the molecule is CCCNc1c2c(nc3ccccc13)CCC2. The van der Waals surface area contributed by atoms with E-state index < -0.39 is 0 Å². The summed E-state index contributed by atoms with van der Waals surface area (Å²) in [5.41, 5.74) is 5.23. The third kappa shape index (κ3) is 1.78. The number of benzene rings is 1. The summed E-state index contributed by atoms with van der Waals surface area (Å²) in [5, 5.41) is 4.88. The number of anilines is 1. The van der Waals surface area contributed by atoms with Gasteiger partial charge in [0.15, 0.2) is 0 Å². The van der Waals surface area contributed by atoms with Crippen molar-refractivity contribution in [1.29, 1.82) is 0 Å². The molecule has 2 nitrogen and oxygen atoms in total. The topological polar surface area (TPSA) is 24.9 Å². The molecule has 0 saturated heterocycles. The molecule has 1 aromatic carbocycles. The molecular formula is C15H18N2. The van der Waals surface area contributed by atoms with Crippen molar-refractivity contribution in [2.75, 3.05) is 11.9 Å². The van der Waals surface area contributed by atoms with E-state index in [2.05, 4.69) is 36.5 Å². The van der Waals surface area contributed by atoms with Crippen LogP contribution >= 0.6 is 0 Å². The highest BCUT2D eigenvalue weighted by Crippen LogP contribution is 2.33. The lowest BCUT2D eigenvalue weighted by atomic mass is 10.1. The smallest absolute Gasteiger partial charge is 0.0726 e. The van der Waals surface area contributed by atoms with E-state index in [0.717, 1.165) is 24.9 Å². The van der Waals surface area contributed by atoms with E-state index in [4.69, 9.17) is 4.98 Å². The lowest BCUT2D eigenvalue weighted by Crippen LogP contribution is -2.05. The number of hydrogen-bond donors (Lipinski definition) is 1. The zero-order valence-electron chi connectivity index (χ0n) is 10.3. The Bertz CT molecular complexity index is 546. The molecule has 0 spiro atoms. The Morgan fingerprint density at radius 2 is 2.12 bits per heavy atom. The molecule has 0 aliphatic heterocycles. The van der Waals surface area contributed by atoms with Crippen LogP contribution in [-0.4, -0.2) is 11.5 Å². The highest BCUT2D eigenvalue weighted by molar-refractivity contribution is 5.93. The van der Waals surface area contributed by atoms with Crippen molar-refractivity contribution in [3.63, 3.8) is 0 Å². The Hall–Kier alpha value is -1.57. The fraction of sp³-hybridized carbons (Fsp3) is 0.400. The molecule has 1 aliphatic rings. The average Bonchev–Trinajstić information content (AvgIpc) is 2.82. The third-order valence-electron chi connectivity index (χ3n) is 3.47. The Labute approximate surface area is 102 Å². The van der Waals surface area contributed by atoms with Gasteiger partial charge in [-0.25, -0.2) is 0 Å². The van der Waals surface area contributed by atoms with Crippen molar-refractivity contribution in [2.24, 2.45) is 0 Å². The van der Waals surface area contributed by atoms with Crippen molar-refractivity contribution in [2.45, 2.75) is 32.6 Å². The molecule has 17 heavy (non-hydrogen) atoms. The molecule has 0 saturated carbocycles. The molecule has 2 aromatic rings. The van der Waals surface area contributed by atoms with Gasteiger partial charge >= 0.3 is 0 Å². The van der Waals surface area contributed by atoms with Crippen LogP contribution in [0.2, 0.25) is 0 Å². The zero-order valence-corrected chi connectivity index (χ0v) is 10.3. The molecule has 0 amide bonds. The number of aromatic nitrogens is 1. The van der Waals surface area contributed by atoms with Gasteiger partial charge in [0.1, 0.15) is 0 Å². The van der Waals surface area contributed by atoms with Crippen LogP contribution in [0, 0.1) is 0 Å². The van der Waals surface area contributed by atoms with Crippen molar-refractivity contribution >= 4 is 16.6 Å². The number of aryl methyl sites for hydroxylation is 1. The van der Waals surface area contributed by atoms with Crippen molar-refractivity contribution in [1.82, 2.24) is 4.98 Å². The maximum Gasteiger partial charge on any atom is 0.0726 e. The fourth-order valence-electron chi connectivity index (χ4n) is 2.66. The zero-order chi connectivity index (χ0) is 11.7. The number of para-hydroxylation sites is 1. The lowest BCUT2D eigenvalue weighted by molar-refractivity contribution is 0.900. The highest BCUT2D eigenvalue weighted by Gasteiger charge is 2.18. The van der Waals surface area contributed by atoms with Gasteiger partial charge in [0.05, 0.1) is 5.52 Å². The fourth-order valence-corrected chi connectivity index (χ4v) is 2.66. The Morgan fingerprint density at radius 1 is 1.24 bits per heavy atom. The number of pyridine rings is 1. The van der Waals surface area contributed by atoms with Crippen LogP contribution in [0.1, 0.15) is 31.0 Å². The van der Waals surface area contributed by atoms with E-state index in [1.165, 1.54) is 35.2 Å². The van der Waals surface area contributed by atoms with Crippen LogP contribution in [-0.2, 0) is 12.8 Å². The van der Waals surface area contributed by atoms with Gasteiger partial charge in [-0.15, -0.1) is 0 Å². The maximum absolute atomic E-state index is 4.78. The summed E-state index contributed by atoms with van der Waals surface area (Å²) in [4.78, 5) is 4.78. The van der Waals surface area contributed by atoms with Gasteiger partial charge in [-0.05, 0) is 37.3 Å². The van der Waals surface area contributed by atoms with E-state index in [1.807, 2.05) is 0 Å². The van der Waals surface area contributed by atoms with Gasteiger partial charge in [-0.3, -0.25) is 4.98 Å². The first kappa shape index (κ1) is 10.6. The minimum absolute atomic E-state index is 1.04. The molecule has 1 aromatic heterocycles. The van der Waals surface area contributed by atoms with E-state index in [-0.39, 0.29) is 0 Å². The summed E-state index contributed by atoms with van der Waals surface area (Å²) >= 11 is 0. The molecule has 1 aliphatic carbocycles. The van der Waals surface area contributed by atoms with E-state index in [1.54, 1.807) is 0 Å².